The largest absolute Gasteiger partial charge is 0.356 e. The third-order valence-electron chi connectivity index (χ3n) is 2.91. The van der Waals surface area contributed by atoms with Crippen molar-refractivity contribution in [3.8, 4) is 0 Å². The van der Waals surface area contributed by atoms with Crippen LogP contribution in [0.5, 0.6) is 0 Å². The van der Waals surface area contributed by atoms with Gasteiger partial charge in [-0.25, -0.2) is 9.37 Å². The van der Waals surface area contributed by atoms with E-state index in [0.29, 0.717) is 12.5 Å². The second kappa shape index (κ2) is 10.2. The fraction of sp³-hybridized carbons (Fsp3) is 0.333. The Bertz CT molecular complexity index is 642. The van der Waals surface area contributed by atoms with Crippen LogP contribution in [0, 0.1) is 12.7 Å². The lowest BCUT2D eigenvalue weighted by molar-refractivity contribution is 0.623. The number of aliphatic imine (C=N–C) groups is 1. The predicted octanol–water partition coefficient (Wildman–Crippen LogP) is 3.88. The maximum absolute atomic E-state index is 13.3. The maximum Gasteiger partial charge on any atom is 0.191 e. The molecule has 2 N–H and O–H groups in total. The lowest BCUT2D eigenvalue weighted by Gasteiger charge is -2.11. The van der Waals surface area contributed by atoms with E-state index < -0.39 is 0 Å². The molecule has 1 aromatic carbocycles. The van der Waals surface area contributed by atoms with E-state index in [0.717, 1.165) is 28.0 Å². The van der Waals surface area contributed by atoms with Gasteiger partial charge < -0.3 is 10.6 Å². The van der Waals surface area contributed by atoms with E-state index >= 15 is 0 Å². The third kappa shape index (κ3) is 7.13. The van der Waals surface area contributed by atoms with Gasteiger partial charge in [-0.05, 0) is 30.7 Å². The number of hydrogen-bond acceptors (Lipinski definition) is 3. The molecule has 2 aromatic rings. The van der Waals surface area contributed by atoms with Crippen LogP contribution in [0.15, 0.2) is 33.9 Å². The Balaban J connectivity index is 0.00000264. The van der Waals surface area contributed by atoms with E-state index in [-0.39, 0.29) is 29.8 Å². The lowest BCUT2D eigenvalue weighted by atomic mass is 10.2. The maximum atomic E-state index is 13.3. The number of nitrogens with zero attached hydrogens (tertiary/aromatic N) is 2. The fourth-order valence-corrected chi connectivity index (χ4v) is 3.22. The Hall–Kier alpha value is -0.740. The number of aryl methyl sites for hydroxylation is 1. The fourth-order valence-electron chi connectivity index (χ4n) is 1.92. The number of rotatable bonds is 5. The highest BCUT2D eigenvalue weighted by molar-refractivity contribution is 14.0. The minimum Gasteiger partial charge on any atom is -0.356 e. The van der Waals surface area contributed by atoms with Gasteiger partial charge in [0.2, 0.25) is 0 Å². The Morgan fingerprint density at radius 2 is 2.13 bits per heavy atom. The Morgan fingerprint density at radius 3 is 2.74 bits per heavy atom. The first-order valence-electron chi connectivity index (χ1n) is 6.87. The van der Waals surface area contributed by atoms with E-state index in [2.05, 4.69) is 36.5 Å². The van der Waals surface area contributed by atoms with Crippen LogP contribution in [0.1, 0.15) is 15.4 Å². The van der Waals surface area contributed by atoms with Gasteiger partial charge in [0.15, 0.2) is 5.96 Å². The molecule has 0 fully saturated rings. The van der Waals surface area contributed by atoms with Crippen LogP contribution in [0.2, 0.25) is 0 Å². The van der Waals surface area contributed by atoms with Gasteiger partial charge in [0.05, 0.1) is 5.01 Å². The monoisotopic (exact) mass is 512 g/mol. The van der Waals surface area contributed by atoms with Gasteiger partial charge in [-0.15, -0.1) is 35.3 Å². The van der Waals surface area contributed by atoms with Crippen molar-refractivity contribution in [1.82, 2.24) is 15.6 Å². The topological polar surface area (TPSA) is 49.3 Å². The van der Waals surface area contributed by atoms with Crippen molar-refractivity contribution in [2.24, 2.45) is 4.99 Å². The minimum absolute atomic E-state index is 0. The van der Waals surface area contributed by atoms with Crippen molar-refractivity contribution in [1.29, 1.82) is 0 Å². The number of hydrogen-bond donors (Lipinski definition) is 2. The smallest absolute Gasteiger partial charge is 0.191 e. The van der Waals surface area contributed by atoms with Crippen molar-refractivity contribution in [3.63, 3.8) is 0 Å². The summed E-state index contributed by atoms with van der Waals surface area (Å²) in [6.07, 6.45) is 2.74. The van der Waals surface area contributed by atoms with Crippen molar-refractivity contribution < 1.29 is 4.39 Å². The van der Waals surface area contributed by atoms with Crippen LogP contribution >= 0.6 is 51.2 Å². The summed E-state index contributed by atoms with van der Waals surface area (Å²) in [5, 5.41) is 7.50. The molecular formula is C15H19BrFIN4S. The first-order chi connectivity index (χ1) is 10.6. The molecule has 0 unspecified atom stereocenters. The van der Waals surface area contributed by atoms with Crippen LogP contribution in [0.3, 0.4) is 0 Å². The molecule has 8 heteroatoms. The molecular weight excluding hydrogens is 494 g/mol. The van der Waals surface area contributed by atoms with E-state index in [9.17, 15) is 4.39 Å². The molecule has 0 saturated carbocycles. The number of aromatic nitrogens is 1. The van der Waals surface area contributed by atoms with Crippen LogP contribution in [-0.4, -0.2) is 24.5 Å². The highest BCUT2D eigenvalue weighted by Gasteiger charge is 2.03. The molecule has 4 nitrogen and oxygen atoms in total. The lowest BCUT2D eigenvalue weighted by Crippen LogP contribution is -2.37. The van der Waals surface area contributed by atoms with E-state index in [4.69, 9.17) is 0 Å². The van der Waals surface area contributed by atoms with Crippen LogP contribution in [0.25, 0.3) is 0 Å². The molecule has 1 heterocycles. The van der Waals surface area contributed by atoms with Gasteiger partial charge in [-0.2, -0.15) is 0 Å². The van der Waals surface area contributed by atoms with Crippen molar-refractivity contribution in [2.45, 2.75) is 19.9 Å². The number of halogens is 3. The molecule has 0 aliphatic carbocycles. The summed E-state index contributed by atoms with van der Waals surface area (Å²) in [6.45, 7) is 3.30. The molecule has 23 heavy (non-hydrogen) atoms. The SMILES string of the molecule is CN=C(NCCc1ncc(C)s1)NCc1cc(F)cc(Br)c1.I. The number of thiazole rings is 1. The zero-order chi connectivity index (χ0) is 15.9. The molecule has 0 spiro atoms. The first kappa shape index (κ1) is 20.3. The molecule has 0 atom stereocenters. The minimum atomic E-state index is -0.256. The zero-order valence-corrected chi connectivity index (χ0v) is 17.6. The average molecular weight is 513 g/mol. The van der Waals surface area contributed by atoms with Gasteiger partial charge in [0.1, 0.15) is 5.82 Å². The molecule has 2 rings (SSSR count). The van der Waals surface area contributed by atoms with Crippen LogP contribution < -0.4 is 10.6 Å². The molecule has 1 aromatic heterocycles. The van der Waals surface area contributed by atoms with Crippen molar-refractivity contribution >= 4 is 57.2 Å². The molecule has 0 amide bonds. The van der Waals surface area contributed by atoms with Crippen molar-refractivity contribution in [3.05, 3.63) is 50.1 Å². The summed E-state index contributed by atoms with van der Waals surface area (Å²) in [5.74, 6) is 0.432. The highest BCUT2D eigenvalue weighted by Crippen LogP contribution is 2.14. The van der Waals surface area contributed by atoms with Gasteiger partial charge in [0, 0.05) is 42.1 Å². The molecule has 0 radical (unpaired) electrons. The van der Waals surface area contributed by atoms with Crippen LogP contribution in [-0.2, 0) is 13.0 Å². The Morgan fingerprint density at radius 1 is 1.35 bits per heavy atom. The molecule has 0 bridgehead atoms. The van der Waals surface area contributed by atoms with Gasteiger partial charge in [-0.1, -0.05) is 15.9 Å². The predicted molar refractivity (Wildman–Crippen MR) is 108 cm³/mol. The second-order valence-electron chi connectivity index (χ2n) is 4.74. The van der Waals surface area contributed by atoms with Gasteiger partial charge >= 0.3 is 0 Å². The summed E-state index contributed by atoms with van der Waals surface area (Å²) < 4.78 is 14.0. The van der Waals surface area contributed by atoms with Gasteiger partial charge in [-0.3, -0.25) is 4.99 Å². The van der Waals surface area contributed by atoms with Gasteiger partial charge in [0.25, 0.3) is 0 Å². The third-order valence-corrected chi connectivity index (χ3v) is 4.34. The molecule has 126 valence electrons. The number of nitrogens with one attached hydrogen (secondary N) is 2. The quantitative estimate of drug-likeness (QED) is 0.363. The first-order valence-corrected chi connectivity index (χ1v) is 8.48. The highest BCUT2D eigenvalue weighted by atomic mass is 127. The van der Waals surface area contributed by atoms with E-state index in [1.54, 1.807) is 18.4 Å². The van der Waals surface area contributed by atoms with Crippen molar-refractivity contribution in [2.75, 3.05) is 13.6 Å². The average Bonchev–Trinajstić information content (AvgIpc) is 2.87. The number of guanidine groups is 1. The standard InChI is InChI=1S/C15H18BrFN4S.HI/c1-10-8-20-14(22-10)3-4-19-15(18-2)21-9-11-5-12(16)7-13(17)6-11;/h5-8H,3-4,9H2,1-2H3,(H2,18,19,21);1H. The molecule has 0 saturated heterocycles. The normalized spacial score (nSPS) is 11.0. The Labute approximate surface area is 165 Å². The summed E-state index contributed by atoms with van der Waals surface area (Å²) in [6, 6.07) is 4.82. The summed E-state index contributed by atoms with van der Waals surface area (Å²) in [7, 11) is 1.71. The van der Waals surface area contributed by atoms with Crippen LogP contribution in [0.4, 0.5) is 4.39 Å². The summed E-state index contributed by atoms with van der Waals surface area (Å²) in [5.41, 5.74) is 0.852. The molecule has 0 aliphatic rings. The molecule has 0 aliphatic heterocycles. The number of benzene rings is 1. The van der Waals surface area contributed by atoms with E-state index in [1.807, 2.05) is 19.2 Å². The zero-order valence-electron chi connectivity index (χ0n) is 12.9. The second-order valence-corrected chi connectivity index (χ2v) is 6.98. The summed E-state index contributed by atoms with van der Waals surface area (Å²) in [4.78, 5) is 9.70. The van der Waals surface area contributed by atoms with E-state index in [1.165, 1.54) is 17.0 Å². The Kier molecular flexibility index (Phi) is 9.00. The summed E-state index contributed by atoms with van der Waals surface area (Å²) >= 11 is 4.99.